The van der Waals surface area contributed by atoms with Gasteiger partial charge in [-0.15, -0.1) is 0 Å². The lowest BCUT2D eigenvalue weighted by molar-refractivity contribution is 0.246. The molecular weight excluding hydrogens is 302 g/mol. The van der Waals surface area contributed by atoms with E-state index in [0.29, 0.717) is 17.5 Å². The molecule has 1 aliphatic rings. The Kier molecular flexibility index (Phi) is 4.06. The lowest BCUT2D eigenvalue weighted by Crippen LogP contribution is -2.43. The normalized spacial score (nSPS) is 20.3. The largest absolute Gasteiger partial charge is 0.423 e. The molecule has 118 valence electrons. The van der Waals surface area contributed by atoms with E-state index in [4.69, 9.17) is 4.42 Å². The van der Waals surface area contributed by atoms with Gasteiger partial charge in [0.25, 0.3) is 0 Å². The summed E-state index contributed by atoms with van der Waals surface area (Å²) in [4.78, 5) is 11.5. The Bertz CT molecular complexity index is 841. The van der Waals surface area contributed by atoms with E-state index < -0.39 is 15.6 Å². The summed E-state index contributed by atoms with van der Waals surface area (Å²) in [5, 5.41) is 0.616. The minimum Gasteiger partial charge on any atom is -0.423 e. The molecule has 0 bridgehead atoms. The van der Waals surface area contributed by atoms with E-state index in [9.17, 15) is 13.2 Å². The van der Waals surface area contributed by atoms with Gasteiger partial charge in [0.2, 0.25) is 10.0 Å². The van der Waals surface area contributed by atoms with E-state index in [1.165, 1.54) is 12.1 Å². The summed E-state index contributed by atoms with van der Waals surface area (Å²) >= 11 is 0. The van der Waals surface area contributed by atoms with Gasteiger partial charge >= 0.3 is 5.63 Å². The third kappa shape index (κ3) is 2.68. The van der Waals surface area contributed by atoms with Crippen molar-refractivity contribution in [1.29, 1.82) is 0 Å². The predicted molar refractivity (Wildman–Crippen MR) is 84.3 cm³/mol. The number of fused-ring (bicyclic) bond motifs is 1. The van der Waals surface area contributed by atoms with Crippen LogP contribution in [-0.4, -0.2) is 25.3 Å². The van der Waals surface area contributed by atoms with E-state index in [1.807, 2.05) is 6.92 Å². The summed E-state index contributed by atoms with van der Waals surface area (Å²) in [6.45, 7) is 2.59. The van der Waals surface area contributed by atoms with Gasteiger partial charge in [-0.2, -0.15) is 4.31 Å². The smallest absolute Gasteiger partial charge is 0.336 e. The van der Waals surface area contributed by atoms with Crippen molar-refractivity contribution in [3.63, 3.8) is 0 Å². The Morgan fingerprint density at radius 3 is 2.82 bits per heavy atom. The third-order valence-electron chi connectivity index (χ3n) is 4.24. The van der Waals surface area contributed by atoms with Crippen LogP contribution in [0.1, 0.15) is 32.6 Å². The number of hydrogen-bond donors (Lipinski definition) is 0. The Balaban J connectivity index is 2.04. The zero-order valence-corrected chi connectivity index (χ0v) is 13.3. The van der Waals surface area contributed by atoms with Gasteiger partial charge in [-0.3, -0.25) is 0 Å². The first-order valence-corrected chi connectivity index (χ1v) is 9.02. The fraction of sp³-hybridized carbons (Fsp3) is 0.438. The zero-order chi connectivity index (χ0) is 15.7. The van der Waals surface area contributed by atoms with Crippen LogP contribution in [0.15, 0.2) is 44.4 Å². The lowest BCUT2D eigenvalue weighted by Gasteiger charge is -2.34. The van der Waals surface area contributed by atoms with Crippen LogP contribution in [0.2, 0.25) is 0 Å². The van der Waals surface area contributed by atoms with Crippen LogP contribution in [0.3, 0.4) is 0 Å². The van der Waals surface area contributed by atoms with Crippen LogP contribution in [0.4, 0.5) is 0 Å². The molecule has 1 saturated heterocycles. The minimum absolute atomic E-state index is 0.0724. The van der Waals surface area contributed by atoms with Gasteiger partial charge in [0, 0.05) is 24.0 Å². The van der Waals surface area contributed by atoms with Crippen LogP contribution >= 0.6 is 0 Å². The van der Waals surface area contributed by atoms with Crippen molar-refractivity contribution >= 4 is 21.0 Å². The van der Waals surface area contributed by atoms with Crippen molar-refractivity contribution in [3.05, 3.63) is 40.8 Å². The number of benzene rings is 1. The van der Waals surface area contributed by atoms with Gasteiger partial charge < -0.3 is 4.42 Å². The second-order valence-corrected chi connectivity index (χ2v) is 7.52. The van der Waals surface area contributed by atoms with E-state index in [-0.39, 0.29) is 10.9 Å². The predicted octanol–water partition coefficient (Wildman–Crippen LogP) is 2.75. The molecule has 1 aromatic carbocycles. The highest BCUT2D eigenvalue weighted by Gasteiger charge is 2.32. The number of hydrogen-bond acceptors (Lipinski definition) is 4. The lowest BCUT2D eigenvalue weighted by atomic mass is 10.0. The molecule has 0 N–H and O–H groups in total. The summed E-state index contributed by atoms with van der Waals surface area (Å²) in [6, 6.07) is 7.61. The number of nitrogens with zero attached hydrogens (tertiary/aromatic N) is 1. The standard InChI is InChI=1S/C16H19NO4S/c1-2-13-5-3-4-10-17(13)22(19,20)14-7-8-15-12(11-14)6-9-16(18)21-15/h6-9,11,13H,2-5,10H2,1H3. The molecule has 22 heavy (non-hydrogen) atoms. The van der Waals surface area contributed by atoms with Crippen molar-refractivity contribution in [2.24, 2.45) is 0 Å². The van der Waals surface area contributed by atoms with Gasteiger partial charge in [-0.1, -0.05) is 13.3 Å². The van der Waals surface area contributed by atoms with Gasteiger partial charge in [-0.05, 0) is 43.5 Å². The Hall–Kier alpha value is -1.66. The van der Waals surface area contributed by atoms with Crippen molar-refractivity contribution < 1.29 is 12.8 Å². The van der Waals surface area contributed by atoms with Crippen molar-refractivity contribution in [2.45, 2.75) is 43.5 Å². The van der Waals surface area contributed by atoms with Crippen molar-refractivity contribution in [3.8, 4) is 0 Å². The molecule has 0 saturated carbocycles. The molecular formula is C16H19NO4S. The first-order chi connectivity index (χ1) is 10.5. The highest BCUT2D eigenvalue weighted by atomic mass is 32.2. The van der Waals surface area contributed by atoms with Crippen LogP contribution < -0.4 is 5.63 Å². The molecule has 5 nitrogen and oxygen atoms in total. The van der Waals surface area contributed by atoms with Crippen LogP contribution in [0.5, 0.6) is 0 Å². The maximum atomic E-state index is 12.9. The summed E-state index contributed by atoms with van der Waals surface area (Å²) in [7, 11) is -3.51. The van der Waals surface area contributed by atoms with E-state index in [0.717, 1.165) is 25.7 Å². The average Bonchev–Trinajstić information content (AvgIpc) is 2.54. The van der Waals surface area contributed by atoms with E-state index in [1.54, 1.807) is 22.5 Å². The molecule has 6 heteroatoms. The molecule has 0 spiro atoms. The van der Waals surface area contributed by atoms with Crippen LogP contribution in [0, 0.1) is 0 Å². The first-order valence-electron chi connectivity index (χ1n) is 7.58. The second-order valence-electron chi connectivity index (χ2n) is 5.63. The molecule has 1 unspecified atom stereocenters. The molecule has 3 rings (SSSR count). The highest BCUT2D eigenvalue weighted by Crippen LogP contribution is 2.28. The molecule has 2 aromatic rings. The maximum Gasteiger partial charge on any atom is 0.336 e. The molecule has 0 amide bonds. The molecule has 2 heterocycles. The molecule has 1 fully saturated rings. The molecule has 0 aliphatic carbocycles. The number of sulfonamides is 1. The quantitative estimate of drug-likeness (QED) is 0.815. The summed E-state index contributed by atoms with van der Waals surface area (Å²) in [5.41, 5.74) is -0.0395. The molecule has 1 aliphatic heterocycles. The summed E-state index contributed by atoms with van der Waals surface area (Å²) in [6.07, 6.45) is 3.71. The zero-order valence-electron chi connectivity index (χ0n) is 12.5. The summed E-state index contributed by atoms with van der Waals surface area (Å²) in [5.74, 6) is 0. The maximum absolute atomic E-state index is 12.9. The Morgan fingerprint density at radius 1 is 1.23 bits per heavy atom. The van der Waals surface area contributed by atoms with Gasteiger partial charge in [0.05, 0.1) is 4.90 Å². The highest BCUT2D eigenvalue weighted by molar-refractivity contribution is 7.89. The monoisotopic (exact) mass is 321 g/mol. The van der Waals surface area contributed by atoms with Crippen molar-refractivity contribution in [2.75, 3.05) is 6.54 Å². The Labute approximate surface area is 129 Å². The molecule has 1 atom stereocenters. The van der Waals surface area contributed by atoms with Crippen LogP contribution in [0.25, 0.3) is 11.0 Å². The summed E-state index contributed by atoms with van der Waals surface area (Å²) < 4.78 is 32.5. The minimum atomic E-state index is -3.51. The SMILES string of the molecule is CCC1CCCCN1S(=O)(=O)c1ccc2oc(=O)ccc2c1. The fourth-order valence-electron chi connectivity index (χ4n) is 3.04. The van der Waals surface area contributed by atoms with Gasteiger partial charge in [-0.25, -0.2) is 13.2 Å². The molecule has 1 aromatic heterocycles. The van der Waals surface area contributed by atoms with Gasteiger partial charge in [0.15, 0.2) is 0 Å². The second kappa shape index (κ2) is 5.85. The Morgan fingerprint density at radius 2 is 2.05 bits per heavy atom. The van der Waals surface area contributed by atoms with E-state index in [2.05, 4.69) is 0 Å². The number of piperidine rings is 1. The topological polar surface area (TPSA) is 67.6 Å². The molecule has 0 radical (unpaired) electrons. The van der Waals surface area contributed by atoms with Crippen LogP contribution in [-0.2, 0) is 10.0 Å². The van der Waals surface area contributed by atoms with Gasteiger partial charge in [0.1, 0.15) is 5.58 Å². The number of rotatable bonds is 3. The van der Waals surface area contributed by atoms with Crippen molar-refractivity contribution in [1.82, 2.24) is 4.31 Å². The third-order valence-corrected chi connectivity index (χ3v) is 6.19. The fourth-order valence-corrected chi connectivity index (χ4v) is 4.85. The average molecular weight is 321 g/mol. The first kappa shape index (κ1) is 15.2. The van der Waals surface area contributed by atoms with E-state index >= 15 is 0 Å².